The van der Waals surface area contributed by atoms with Crippen molar-refractivity contribution in [2.45, 2.75) is 45.8 Å². The van der Waals surface area contributed by atoms with Gasteiger partial charge in [-0.1, -0.05) is 65.8 Å². The molecule has 0 unspecified atom stereocenters. The molecule has 4 heteroatoms. The summed E-state index contributed by atoms with van der Waals surface area (Å²) in [6.45, 7) is 4.61. The van der Waals surface area contributed by atoms with Gasteiger partial charge in [0.1, 0.15) is 12.4 Å². The van der Waals surface area contributed by atoms with Crippen LogP contribution in [0.3, 0.4) is 0 Å². The fourth-order valence-corrected chi connectivity index (χ4v) is 3.14. The minimum atomic E-state index is 0.520. The molecule has 0 fully saturated rings. The molecule has 2 rings (SSSR count). The van der Waals surface area contributed by atoms with Crippen LogP contribution in [0.5, 0.6) is 5.75 Å². The average Bonchev–Trinajstić information content (AvgIpc) is 2.57. The summed E-state index contributed by atoms with van der Waals surface area (Å²) in [6, 6.07) is 13.9. The van der Waals surface area contributed by atoms with Crippen LogP contribution >= 0.6 is 27.5 Å². The number of nitrogens with one attached hydrogen (secondary N) is 1. The molecule has 0 aliphatic carbocycles. The lowest BCUT2D eigenvalue weighted by Gasteiger charge is -2.13. The number of halogens is 2. The Morgan fingerprint density at radius 2 is 1.96 bits per heavy atom. The van der Waals surface area contributed by atoms with E-state index in [1.54, 1.807) is 0 Å². The van der Waals surface area contributed by atoms with Gasteiger partial charge in [0.2, 0.25) is 0 Å². The Bertz CT molecular complexity index is 633. The van der Waals surface area contributed by atoms with Crippen molar-refractivity contribution in [2.75, 3.05) is 6.54 Å². The van der Waals surface area contributed by atoms with Crippen LogP contribution in [0.4, 0.5) is 0 Å². The highest BCUT2D eigenvalue weighted by Crippen LogP contribution is 2.24. The van der Waals surface area contributed by atoms with Gasteiger partial charge < -0.3 is 10.1 Å². The lowest BCUT2D eigenvalue weighted by molar-refractivity contribution is 0.302. The van der Waals surface area contributed by atoms with Crippen LogP contribution in [0.1, 0.15) is 43.7 Å². The van der Waals surface area contributed by atoms with E-state index in [0.29, 0.717) is 6.61 Å². The van der Waals surface area contributed by atoms with Gasteiger partial charge in [0.15, 0.2) is 0 Å². The molecule has 0 atom stereocenters. The van der Waals surface area contributed by atoms with E-state index >= 15 is 0 Å². The molecule has 24 heavy (non-hydrogen) atoms. The first-order chi connectivity index (χ1) is 11.7. The number of hydrogen-bond donors (Lipinski definition) is 1. The summed E-state index contributed by atoms with van der Waals surface area (Å²) in [7, 11) is 0. The maximum Gasteiger partial charge on any atom is 0.124 e. The Morgan fingerprint density at radius 1 is 1.08 bits per heavy atom. The Labute approximate surface area is 158 Å². The molecule has 0 aliphatic heterocycles. The fraction of sp³-hybridized carbons (Fsp3) is 0.400. The quantitative estimate of drug-likeness (QED) is 0.461. The third-order valence-corrected chi connectivity index (χ3v) is 4.56. The maximum atomic E-state index is 6.03. The molecule has 2 aromatic carbocycles. The summed E-state index contributed by atoms with van der Waals surface area (Å²) >= 11 is 9.57. The monoisotopic (exact) mass is 409 g/mol. The SMILES string of the molecule is CCCCCCNCc1cc(Br)ccc1OCc1cccc(Cl)c1. The summed E-state index contributed by atoms with van der Waals surface area (Å²) < 4.78 is 7.08. The zero-order chi connectivity index (χ0) is 17.2. The Morgan fingerprint density at radius 3 is 2.75 bits per heavy atom. The maximum absolute atomic E-state index is 6.03. The molecule has 0 amide bonds. The predicted octanol–water partition coefficient (Wildman–Crippen LogP) is 6.35. The third kappa shape index (κ3) is 6.84. The molecule has 2 aromatic rings. The Kier molecular flexibility index (Phi) is 8.65. The molecule has 2 nitrogen and oxygen atoms in total. The van der Waals surface area contributed by atoms with Crippen molar-refractivity contribution in [1.82, 2.24) is 5.32 Å². The molecule has 0 spiro atoms. The molecule has 130 valence electrons. The zero-order valence-corrected chi connectivity index (χ0v) is 16.5. The van der Waals surface area contributed by atoms with Crippen LogP contribution in [0, 0.1) is 0 Å². The van der Waals surface area contributed by atoms with Gasteiger partial charge in [-0.2, -0.15) is 0 Å². The highest BCUT2D eigenvalue weighted by Gasteiger charge is 2.05. The van der Waals surface area contributed by atoms with E-state index in [0.717, 1.165) is 33.9 Å². The summed E-state index contributed by atoms with van der Waals surface area (Å²) in [4.78, 5) is 0. The van der Waals surface area contributed by atoms with Gasteiger partial charge >= 0.3 is 0 Å². The molecule has 0 heterocycles. The fourth-order valence-electron chi connectivity index (χ4n) is 2.51. The van der Waals surface area contributed by atoms with Gasteiger partial charge in [-0.3, -0.25) is 0 Å². The van der Waals surface area contributed by atoms with Crippen molar-refractivity contribution in [3.05, 3.63) is 63.1 Å². The first-order valence-corrected chi connectivity index (χ1v) is 9.72. The number of unbranched alkanes of at least 4 members (excludes halogenated alkanes) is 3. The minimum absolute atomic E-state index is 0.520. The van der Waals surface area contributed by atoms with E-state index in [9.17, 15) is 0 Å². The topological polar surface area (TPSA) is 21.3 Å². The average molecular weight is 411 g/mol. The first kappa shape index (κ1) is 19.3. The Balaban J connectivity index is 1.89. The molecule has 0 aliphatic rings. The van der Waals surface area contributed by atoms with Crippen molar-refractivity contribution in [3.63, 3.8) is 0 Å². The smallest absolute Gasteiger partial charge is 0.124 e. The second-order valence-corrected chi connectivity index (χ2v) is 7.26. The van der Waals surface area contributed by atoms with Gasteiger partial charge in [0, 0.05) is 21.6 Å². The van der Waals surface area contributed by atoms with Crippen molar-refractivity contribution in [2.24, 2.45) is 0 Å². The molecule has 0 aromatic heterocycles. The number of benzene rings is 2. The molecular formula is C20H25BrClNO. The second-order valence-electron chi connectivity index (χ2n) is 5.91. The third-order valence-electron chi connectivity index (χ3n) is 3.83. The van der Waals surface area contributed by atoms with Crippen LogP contribution in [0.25, 0.3) is 0 Å². The highest BCUT2D eigenvalue weighted by molar-refractivity contribution is 9.10. The van der Waals surface area contributed by atoms with E-state index in [-0.39, 0.29) is 0 Å². The molecule has 0 radical (unpaired) electrons. The van der Waals surface area contributed by atoms with Crippen molar-refractivity contribution < 1.29 is 4.74 Å². The predicted molar refractivity (Wildman–Crippen MR) is 106 cm³/mol. The first-order valence-electron chi connectivity index (χ1n) is 8.55. The molecule has 0 bridgehead atoms. The van der Waals surface area contributed by atoms with Gasteiger partial charge in [0.25, 0.3) is 0 Å². The van der Waals surface area contributed by atoms with Crippen LogP contribution < -0.4 is 10.1 Å². The summed E-state index contributed by atoms with van der Waals surface area (Å²) in [5.41, 5.74) is 2.24. The number of rotatable bonds is 10. The van der Waals surface area contributed by atoms with E-state index in [1.165, 1.54) is 31.2 Å². The van der Waals surface area contributed by atoms with Crippen molar-refractivity contribution in [3.8, 4) is 5.75 Å². The van der Waals surface area contributed by atoms with Gasteiger partial charge in [0.05, 0.1) is 0 Å². The van der Waals surface area contributed by atoms with E-state index in [1.807, 2.05) is 36.4 Å². The molecular weight excluding hydrogens is 386 g/mol. The minimum Gasteiger partial charge on any atom is -0.489 e. The summed E-state index contributed by atoms with van der Waals surface area (Å²) in [6.07, 6.45) is 5.10. The number of ether oxygens (including phenoxy) is 1. The standard InChI is InChI=1S/C20H25BrClNO/c1-2-3-4-5-11-23-14-17-13-18(21)9-10-20(17)24-15-16-7-6-8-19(22)12-16/h6-10,12-13,23H,2-5,11,14-15H2,1H3. The van der Waals surface area contributed by atoms with Crippen LogP contribution in [0.2, 0.25) is 5.02 Å². The largest absolute Gasteiger partial charge is 0.489 e. The van der Waals surface area contributed by atoms with Crippen LogP contribution in [-0.4, -0.2) is 6.54 Å². The van der Waals surface area contributed by atoms with E-state index in [4.69, 9.17) is 16.3 Å². The Hall–Kier alpha value is -1.03. The van der Waals surface area contributed by atoms with Crippen LogP contribution in [-0.2, 0) is 13.2 Å². The van der Waals surface area contributed by atoms with Crippen molar-refractivity contribution >= 4 is 27.5 Å². The number of hydrogen-bond acceptors (Lipinski definition) is 2. The van der Waals surface area contributed by atoms with E-state index in [2.05, 4.69) is 34.2 Å². The normalized spacial score (nSPS) is 10.8. The van der Waals surface area contributed by atoms with Gasteiger partial charge in [-0.25, -0.2) is 0 Å². The lowest BCUT2D eigenvalue weighted by Crippen LogP contribution is -2.15. The second kappa shape index (κ2) is 10.8. The highest BCUT2D eigenvalue weighted by atomic mass is 79.9. The lowest BCUT2D eigenvalue weighted by atomic mass is 10.2. The van der Waals surface area contributed by atoms with E-state index < -0.39 is 0 Å². The summed E-state index contributed by atoms with van der Waals surface area (Å²) in [5.74, 6) is 0.916. The molecule has 0 saturated heterocycles. The molecule has 1 N–H and O–H groups in total. The summed E-state index contributed by atoms with van der Waals surface area (Å²) in [5, 5.41) is 4.25. The zero-order valence-electron chi connectivity index (χ0n) is 14.2. The molecule has 0 saturated carbocycles. The van der Waals surface area contributed by atoms with Crippen molar-refractivity contribution in [1.29, 1.82) is 0 Å². The van der Waals surface area contributed by atoms with Gasteiger partial charge in [-0.15, -0.1) is 0 Å². The van der Waals surface area contributed by atoms with Crippen LogP contribution in [0.15, 0.2) is 46.9 Å². The van der Waals surface area contributed by atoms with Gasteiger partial charge in [-0.05, 0) is 48.9 Å².